The Kier molecular flexibility index (Phi) is 8.89. The van der Waals surface area contributed by atoms with Crippen molar-refractivity contribution in [1.29, 1.82) is 0 Å². The Bertz CT molecular complexity index is 656. The number of hydrogen-bond donors (Lipinski definition) is 2. The Morgan fingerprint density at radius 1 is 1.32 bits per heavy atom. The summed E-state index contributed by atoms with van der Waals surface area (Å²) in [5.74, 6) is -0.0275. The minimum absolute atomic E-state index is 0.0221. The highest BCUT2D eigenvalue weighted by molar-refractivity contribution is 5.93. The molecule has 2 heterocycles. The van der Waals surface area contributed by atoms with Crippen molar-refractivity contribution in [2.24, 2.45) is 0 Å². The molecule has 0 bridgehead atoms. The highest BCUT2D eigenvalue weighted by Crippen LogP contribution is 2.11. The average molecular weight is 396 g/mol. The maximum atomic E-state index is 12.5. The van der Waals surface area contributed by atoms with Gasteiger partial charge in [-0.3, -0.25) is 14.4 Å². The van der Waals surface area contributed by atoms with Crippen LogP contribution in [0.4, 0.5) is 5.82 Å². The lowest BCUT2D eigenvalue weighted by molar-refractivity contribution is -0.137. The summed E-state index contributed by atoms with van der Waals surface area (Å²) in [5, 5.41) is 9.02. The summed E-state index contributed by atoms with van der Waals surface area (Å²) in [6, 6.07) is 1.59. The molecular formula is C18H28N4O6. The van der Waals surface area contributed by atoms with E-state index in [1.54, 1.807) is 13.0 Å². The molecule has 0 saturated carbocycles. The molecule has 3 amide bonds. The number of anilines is 1. The maximum Gasteiger partial charge on any atom is 0.239 e. The Hall–Kier alpha value is -2.46. The summed E-state index contributed by atoms with van der Waals surface area (Å²) in [6.07, 6.45) is 1.91. The monoisotopic (exact) mass is 396 g/mol. The van der Waals surface area contributed by atoms with Crippen molar-refractivity contribution >= 4 is 23.5 Å². The molecule has 2 rings (SSSR count). The first-order chi connectivity index (χ1) is 13.5. The quantitative estimate of drug-likeness (QED) is 0.557. The van der Waals surface area contributed by atoms with Crippen LogP contribution in [-0.4, -0.2) is 73.8 Å². The van der Waals surface area contributed by atoms with Gasteiger partial charge in [-0.2, -0.15) is 0 Å². The molecule has 1 aromatic rings. The number of amides is 3. The summed E-state index contributed by atoms with van der Waals surface area (Å²) in [7, 11) is 1.52. The molecule has 1 fully saturated rings. The van der Waals surface area contributed by atoms with Gasteiger partial charge in [-0.05, 0) is 19.8 Å². The Morgan fingerprint density at radius 2 is 2.14 bits per heavy atom. The van der Waals surface area contributed by atoms with E-state index >= 15 is 0 Å². The number of hydrogen-bond acceptors (Lipinski definition) is 7. The number of carbonyl (C=O) groups excluding carboxylic acids is 3. The Labute approximate surface area is 163 Å². The lowest BCUT2D eigenvalue weighted by Gasteiger charge is -2.22. The van der Waals surface area contributed by atoms with Crippen molar-refractivity contribution in [3.63, 3.8) is 0 Å². The third kappa shape index (κ3) is 7.65. The van der Waals surface area contributed by atoms with Crippen LogP contribution in [-0.2, 0) is 23.9 Å². The van der Waals surface area contributed by atoms with E-state index in [4.69, 9.17) is 14.0 Å². The second-order valence-electron chi connectivity index (χ2n) is 6.62. The molecule has 1 aliphatic rings. The summed E-state index contributed by atoms with van der Waals surface area (Å²) in [5.41, 5.74) is 0. The van der Waals surface area contributed by atoms with E-state index in [0.717, 1.165) is 19.4 Å². The molecule has 0 unspecified atom stereocenters. The van der Waals surface area contributed by atoms with Gasteiger partial charge in [0, 0.05) is 45.7 Å². The molecule has 10 heteroatoms. The van der Waals surface area contributed by atoms with Gasteiger partial charge < -0.3 is 29.5 Å². The number of rotatable bonds is 11. The summed E-state index contributed by atoms with van der Waals surface area (Å²) >= 11 is 0. The standard InChI is InChI=1S/C18H28N4O6/c1-13-10-15(21-28-13)20-16(23)5-6-18(25)22(7-9-26-2)12-17(24)19-11-14-4-3-8-27-14/h10,14H,3-9,11-12H2,1-2H3,(H,19,24)(H,20,21,23)/t14-/m1/s1. The van der Waals surface area contributed by atoms with Gasteiger partial charge in [0.2, 0.25) is 17.7 Å². The first-order valence-electron chi connectivity index (χ1n) is 9.36. The smallest absolute Gasteiger partial charge is 0.239 e. The molecule has 10 nitrogen and oxygen atoms in total. The van der Waals surface area contributed by atoms with E-state index in [-0.39, 0.29) is 49.8 Å². The number of carbonyl (C=O) groups is 3. The van der Waals surface area contributed by atoms with Crippen LogP contribution in [0.15, 0.2) is 10.6 Å². The number of ether oxygens (including phenoxy) is 2. The van der Waals surface area contributed by atoms with Gasteiger partial charge in [0.15, 0.2) is 5.82 Å². The van der Waals surface area contributed by atoms with Crippen molar-refractivity contribution in [2.45, 2.75) is 38.7 Å². The highest BCUT2D eigenvalue weighted by Gasteiger charge is 2.20. The normalized spacial score (nSPS) is 16.0. The Balaban J connectivity index is 1.76. The van der Waals surface area contributed by atoms with Crippen LogP contribution in [0.5, 0.6) is 0 Å². The van der Waals surface area contributed by atoms with Crippen molar-refractivity contribution in [3.05, 3.63) is 11.8 Å². The average Bonchev–Trinajstić information content (AvgIpc) is 3.33. The summed E-state index contributed by atoms with van der Waals surface area (Å²) < 4.78 is 15.3. The van der Waals surface area contributed by atoms with Gasteiger partial charge in [0.1, 0.15) is 5.76 Å². The number of methoxy groups -OCH3 is 1. The van der Waals surface area contributed by atoms with Crippen LogP contribution in [0.1, 0.15) is 31.4 Å². The molecule has 0 spiro atoms. The first-order valence-corrected chi connectivity index (χ1v) is 9.36. The number of aryl methyl sites for hydroxylation is 1. The molecule has 0 aromatic carbocycles. The van der Waals surface area contributed by atoms with Gasteiger partial charge in [0.25, 0.3) is 0 Å². The predicted molar refractivity (Wildman–Crippen MR) is 99.5 cm³/mol. The van der Waals surface area contributed by atoms with E-state index in [1.165, 1.54) is 12.0 Å². The fraction of sp³-hybridized carbons (Fsp3) is 0.667. The fourth-order valence-corrected chi connectivity index (χ4v) is 2.76. The van der Waals surface area contributed by atoms with Crippen LogP contribution in [0, 0.1) is 6.92 Å². The zero-order valence-corrected chi connectivity index (χ0v) is 16.4. The van der Waals surface area contributed by atoms with Crippen LogP contribution < -0.4 is 10.6 Å². The molecule has 2 N–H and O–H groups in total. The van der Waals surface area contributed by atoms with Gasteiger partial charge in [-0.1, -0.05) is 5.16 Å². The topological polar surface area (TPSA) is 123 Å². The third-order valence-corrected chi connectivity index (χ3v) is 4.26. The number of nitrogens with zero attached hydrogens (tertiary/aromatic N) is 2. The second kappa shape index (κ2) is 11.4. The van der Waals surface area contributed by atoms with E-state index in [0.29, 0.717) is 24.7 Å². The molecule has 156 valence electrons. The van der Waals surface area contributed by atoms with Crippen LogP contribution >= 0.6 is 0 Å². The van der Waals surface area contributed by atoms with E-state index in [9.17, 15) is 14.4 Å². The molecule has 0 radical (unpaired) electrons. The molecule has 1 saturated heterocycles. The molecule has 1 aliphatic heterocycles. The van der Waals surface area contributed by atoms with Crippen LogP contribution in [0.25, 0.3) is 0 Å². The van der Waals surface area contributed by atoms with Crippen LogP contribution in [0.2, 0.25) is 0 Å². The zero-order chi connectivity index (χ0) is 20.4. The highest BCUT2D eigenvalue weighted by atomic mass is 16.5. The fourth-order valence-electron chi connectivity index (χ4n) is 2.76. The largest absolute Gasteiger partial charge is 0.383 e. The first kappa shape index (κ1) is 21.8. The summed E-state index contributed by atoms with van der Waals surface area (Å²) in [4.78, 5) is 38.0. The van der Waals surface area contributed by atoms with Gasteiger partial charge in [-0.15, -0.1) is 0 Å². The number of aromatic nitrogens is 1. The SMILES string of the molecule is COCCN(CC(=O)NC[C@H]1CCCO1)C(=O)CCC(=O)Nc1cc(C)on1. The van der Waals surface area contributed by atoms with Crippen molar-refractivity contribution in [1.82, 2.24) is 15.4 Å². The Morgan fingerprint density at radius 3 is 2.79 bits per heavy atom. The van der Waals surface area contributed by atoms with Crippen molar-refractivity contribution in [3.8, 4) is 0 Å². The van der Waals surface area contributed by atoms with Gasteiger partial charge >= 0.3 is 0 Å². The van der Waals surface area contributed by atoms with Gasteiger partial charge in [-0.25, -0.2) is 0 Å². The summed E-state index contributed by atoms with van der Waals surface area (Å²) in [6.45, 7) is 3.35. The second-order valence-corrected chi connectivity index (χ2v) is 6.62. The maximum absolute atomic E-state index is 12.5. The molecule has 1 atom stereocenters. The predicted octanol–water partition coefficient (Wildman–Crippen LogP) is 0.472. The van der Waals surface area contributed by atoms with Crippen molar-refractivity contribution in [2.75, 3.05) is 45.3 Å². The number of nitrogens with one attached hydrogen (secondary N) is 2. The molecule has 0 aliphatic carbocycles. The minimum Gasteiger partial charge on any atom is -0.383 e. The molecule has 1 aromatic heterocycles. The lowest BCUT2D eigenvalue weighted by atomic mass is 10.2. The molecule has 28 heavy (non-hydrogen) atoms. The zero-order valence-electron chi connectivity index (χ0n) is 16.4. The minimum atomic E-state index is -0.351. The third-order valence-electron chi connectivity index (χ3n) is 4.26. The lowest BCUT2D eigenvalue weighted by Crippen LogP contribution is -2.44. The van der Waals surface area contributed by atoms with Crippen molar-refractivity contribution < 1.29 is 28.4 Å². The van der Waals surface area contributed by atoms with Crippen LogP contribution in [0.3, 0.4) is 0 Å². The molecular weight excluding hydrogens is 368 g/mol. The van der Waals surface area contributed by atoms with E-state index < -0.39 is 0 Å². The van der Waals surface area contributed by atoms with Gasteiger partial charge in [0.05, 0.1) is 19.3 Å². The van der Waals surface area contributed by atoms with E-state index in [2.05, 4.69) is 15.8 Å². The van der Waals surface area contributed by atoms with E-state index in [1.807, 2.05) is 0 Å².